The number of aliphatic carboxylic acids is 1. The number of hydrogen-bond acceptors (Lipinski definition) is 9. The summed E-state index contributed by atoms with van der Waals surface area (Å²) >= 11 is 0. The molecule has 0 spiro atoms. The Labute approximate surface area is 395 Å². The van der Waals surface area contributed by atoms with Gasteiger partial charge in [0.25, 0.3) is 0 Å². The minimum atomic E-state index is -3.86. The second-order valence-corrected chi connectivity index (χ2v) is 21.1. The van der Waals surface area contributed by atoms with E-state index < -0.39 is 31.1 Å². The molecule has 0 amide bonds. The number of sulfone groups is 2. The Hall–Kier alpha value is -7.67. The van der Waals surface area contributed by atoms with Crippen LogP contribution in [0.25, 0.3) is 0 Å². The van der Waals surface area contributed by atoms with E-state index in [0.29, 0.717) is 52.4 Å². The van der Waals surface area contributed by atoms with Gasteiger partial charge < -0.3 is 24.1 Å². The summed E-state index contributed by atoms with van der Waals surface area (Å²) < 4.78 is 79.0. The lowest BCUT2D eigenvalue weighted by Gasteiger charge is -2.31. The molecule has 0 unspecified atom stereocenters. The molecule has 1 N–H and O–H groups in total. The quantitative estimate of drug-likeness (QED) is 0.182. The van der Waals surface area contributed by atoms with E-state index in [1.54, 1.807) is 72.8 Å². The van der Waals surface area contributed by atoms with Crippen molar-refractivity contribution in [2.24, 2.45) is 0 Å². The van der Waals surface area contributed by atoms with Crippen LogP contribution in [0.3, 0.4) is 0 Å². The molecule has 68 heavy (non-hydrogen) atoms. The summed E-state index contributed by atoms with van der Waals surface area (Å²) in [5, 5.41) is 9.67. The van der Waals surface area contributed by atoms with Gasteiger partial charge in [0, 0.05) is 17.3 Å². The second kappa shape index (κ2) is 18.2. The smallest absolute Gasteiger partial charge is 0.303 e. The van der Waals surface area contributed by atoms with Crippen LogP contribution in [0.4, 0.5) is 0 Å². The first-order chi connectivity index (χ1) is 32.6. The van der Waals surface area contributed by atoms with E-state index in [4.69, 9.17) is 18.9 Å². The lowest BCUT2D eigenvalue weighted by molar-refractivity contribution is -0.137. The fourth-order valence-corrected chi connectivity index (χ4v) is 10.7. The summed E-state index contributed by atoms with van der Waals surface area (Å²) in [5.41, 5.74) is 2.72. The Morgan fingerprint density at radius 2 is 0.574 bits per heavy atom. The Morgan fingerprint density at radius 1 is 0.368 bits per heavy atom. The topological polar surface area (TPSA) is 142 Å². The van der Waals surface area contributed by atoms with Crippen molar-refractivity contribution in [3.63, 3.8) is 0 Å². The third kappa shape index (κ3) is 9.46. The normalized spacial score (nSPS) is 15.5. The fraction of sp³-hybridized carbons (Fsp3) is 0.125. The van der Waals surface area contributed by atoms with Crippen LogP contribution in [0.5, 0.6) is 46.0 Å². The molecule has 13 aliphatic heterocycles. The van der Waals surface area contributed by atoms with Gasteiger partial charge in [0.1, 0.15) is 46.0 Å². The molecule has 0 radical (unpaired) electrons. The van der Waals surface area contributed by atoms with Gasteiger partial charge in [0.2, 0.25) is 19.7 Å². The van der Waals surface area contributed by atoms with Crippen molar-refractivity contribution in [2.45, 2.75) is 64.0 Å². The summed E-state index contributed by atoms with van der Waals surface area (Å²) in [6.07, 6.45) is 0.231. The van der Waals surface area contributed by atoms with Crippen molar-refractivity contribution in [3.05, 3.63) is 216 Å². The highest BCUT2D eigenvalue weighted by Crippen LogP contribution is 2.40. The number of carbonyl (C=O) groups is 1. The van der Waals surface area contributed by atoms with E-state index in [1.165, 1.54) is 48.5 Å². The molecule has 12 heteroatoms. The van der Waals surface area contributed by atoms with Gasteiger partial charge in [-0.1, -0.05) is 69.3 Å². The molecule has 13 aliphatic rings. The Balaban J connectivity index is 1.01. The number of carboxylic acids is 1. The number of ether oxygens (including phenoxy) is 4. The third-order valence-electron chi connectivity index (χ3n) is 12.5. The van der Waals surface area contributed by atoms with Crippen LogP contribution in [-0.4, -0.2) is 27.9 Å². The van der Waals surface area contributed by atoms with Crippen LogP contribution in [0.1, 0.15) is 55.9 Å². The zero-order chi connectivity index (χ0) is 47.7. The highest BCUT2D eigenvalue weighted by Gasteiger charge is 2.30. The number of hydrogen-bond donors (Lipinski definition) is 1. The van der Waals surface area contributed by atoms with Crippen LogP contribution in [0.2, 0.25) is 0 Å². The SMILES string of the molecule is CC1(C)c2ccc(cc2)Oc2ccc(cc2)S(=O)(=O)c2ccc(cc2)Oc2ccc(cc2)C(C)(CCC(=O)O)c2ccc(cc2)Oc2ccc(cc2)S(=O)(=O)c2ccc(cc2)Oc2ccc1cc2. The van der Waals surface area contributed by atoms with Crippen molar-refractivity contribution >= 4 is 25.6 Å². The maximum Gasteiger partial charge on any atom is 0.303 e. The van der Waals surface area contributed by atoms with Gasteiger partial charge in [-0.25, -0.2) is 16.8 Å². The van der Waals surface area contributed by atoms with Crippen LogP contribution < -0.4 is 18.9 Å². The van der Waals surface area contributed by atoms with Gasteiger partial charge in [-0.15, -0.1) is 0 Å². The summed E-state index contributed by atoms with van der Waals surface area (Å²) in [6, 6.07) is 55.2. The monoisotopic (exact) mass is 942 g/mol. The Bertz CT molecular complexity index is 3080. The minimum absolute atomic E-state index is 0.0746. The van der Waals surface area contributed by atoms with Crippen molar-refractivity contribution in [1.29, 1.82) is 0 Å². The predicted octanol–water partition coefficient (Wildman–Crippen LogP) is 13.3. The predicted molar refractivity (Wildman–Crippen MR) is 258 cm³/mol. The first-order valence-electron chi connectivity index (χ1n) is 21.8. The summed E-state index contributed by atoms with van der Waals surface area (Å²) in [6.45, 7) is 6.23. The molecular weight excluding hydrogens is 897 g/mol. The Morgan fingerprint density at radius 3 is 0.794 bits per heavy atom. The van der Waals surface area contributed by atoms with Gasteiger partial charge >= 0.3 is 5.97 Å². The highest BCUT2D eigenvalue weighted by molar-refractivity contribution is 7.91. The fourth-order valence-electron chi connectivity index (χ4n) is 8.20. The van der Waals surface area contributed by atoms with Crippen molar-refractivity contribution in [2.75, 3.05) is 0 Å². The van der Waals surface area contributed by atoms with Gasteiger partial charge in [-0.3, -0.25) is 4.79 Å². The van der Waals surface area contributed by atoms with Crippen LogP contribution in [0.15, 0.2) is 214 Å². The van der Waals surface area contributed by atoms with Crippen molar-refractivity contribution in [1.82, 2.24) is 0 Å². The lowest BCUT2D eigenvalue weighted by atomic mass is 9.73. The molecule has 21 rings (SSSR count). The molecule has 8 aromatic rings. The van der Waals surface area contributed by atoms with Crippen molar-refractivity contribution < 1.29 is 45.7 Å². The molecule has 10 nitrogen and oxygen atoms in total. The van der Waals surface area contributed by atoms with Gasteiger partial charge in [0.05, 0.1) is 19.6 Å². The molecule has 0 aromatic heterocycles. The molecule has 13 heterocycles. The first-order valence-corrected chi connectivity index (χ1v) is 24.8. The van der Waals surface area contributed by atoms with Crippen LogP contribution in [-0.2, 0) is 35.3 Å². The highest BCUT2D eigenvalue weighted by atomic mass is 32.2. The minimum Gasteiger partial charge on any atom is -0.481 e. The second-order valence-electron chi connectivity index (χ2n) is 17.2. The van der Waals surface area contributed by atoms with Gasteiger partial charge in [-0.2, -0.15) is 0 Å². The Kier molecular flexibility index (Phi) is 12.2. The summed E-state index contributed by atoms with van der Waals surface area (Å²) in [7, 11) is -7.71. The molecule has 8 aromatic carbocycles. The van der Waals surface area contributed by atoms with E-state index in [1.807, 2.05) is 79.7 Å². The molecule has 0 aliphatic carbocycles. The molecule has 16 bridgehead atoms. The summed E-state index contributed by atoms with van der Waals surface area (Å²) in [5.74, 6) is 3.10. The van der Waals surface area contributed by atoms with Crippen LogP contribution >= 0.6 is 0 Å². The molecule has 342 valence electrons. The largest absolute Gasteiger partial charge is 0.481 e. The zero-order valence-corrected chi connectivity index (χ0v) is 39.0. The van der Waals surface area contributed by atoms with E-state index >= 15 is 0 Å². The standard InChI is InChI=1S/C56H46O10S2/c1-55(2)38-4-12-42(13-5-38)63-46-20-28-50(29-21-46)67(59,60)52-32-24-48(25-33-52)65-44-16-8-40(9-17-44)56(3,37-36-54(57)58)41-10-18-45(19-11-41)66-49-26-34-53(35-27-49)68(61,62)51-30-22-47(23-31-51)64-43-14-6-39(55)7-15-43/h4-35H,36-37H2,1-3H3,(H,57,58). The maximum atomic E-state index is 13.6. The zero-order valence-electron chi connectivity index (χ0n) is 37.3. The molecule has 0 saturated heterocycles. The van der Waals surface area contributed by atoms with E-state index in [0.717, 1.165) is 22.3 Å². The van der Waals surface area contributed by atoms with Gasteiger partial charge in [-0.05, 0) is 174 Å². The molecule has 0 fully saturated rings. The summed E-state index contributed by atoms with van der Waals surface area (Å²) in [4.78, 5) is 12.2. The van der Waals surface area contributed by atoms with Crippen LogP contribution in [0, 0.1) is 0 Å². The lowest BCUT2D eigenvalue weighted by Crippen LogP contribution is -2.24. The average molecular weight is 943 g/mol. The molecule has 0 atom stereocenters. The first kappa shape index (κ1) is 45.5. The average Bonchev–Trinajstić information content (AvgIpc) is 3.34. The number of carboxylic acid groups (broad SMARTS) is 1. The maximum absolute atomic E-state index is 13.6. The van der Waals surface area contributed by atoms with E-state index in [2.05, 4.69) is 13.8 Å². The number of rotatable bonds is 3. The third-order valence-corrected chi connectivity index (χ3v) is 16.0. The van der Waals surface area contributed by atoms with E-state index in [9.17, 15) is 26.7 Å². The molecular formula is C56H46O10S2. The number of benzene rings is 8. The van der Waals surface area contributed by atoms with Gasteiger partial charge in [0.15, 0.2) is 0 Å². The van der Waals surface area contributed by atoms with E-state index in [-0.39, 0.29) is 31.4 Å². The molecule has 0 saturated carbocycles. The van der Waals surface area contributed by atoms with Crippen molar-refractivity contribution in [3.8, 4) is 46.0 Å².